The van der Waals surface area contributed by atoms with Crippen LogP contribution in [0.25, 0.3) is 0 Å². The third-order valence-corrected chi connectivity index (χ3v) is 5.17. The number of piperidine rings is 1. The summed E-state index contributed by atoms with van der Waals surface area (Å²) >= 11 is 0. The number of rotatable bonds is 5. The zero-order valence-electron chi connectivity index (χ0n) is 12.8. The Balaban J connectivity index is 1.89. The molecule has 0 aromatic heterocycles. The smallest absolute Gasteiger partial charge is 0.231 e. The number of nitrogens with zero attached hydrogens (tertiary/aromatic N) is 2. The van der Waals surface area contributed by atoms with Gasteiger partial charge in [0.15, 0.2) is 0 Å². The minimum atomic E-state index is -2.99. The van der Waals surface area contributed by atoms with Crippen LogP contribution in [0.4, 0.5) is 0 Å². The van der Waals surface area contributed by atoms with Crippen molar-refractivity contribution in [1.29, 1.82) is 0 Å². The molecule has 0 radical (unpaired) electrons. The summed E-state index contributed by atoms with van der Waals surface area (Å²) < 4.78 is 22.4. The summed E-state index contributed by atoms with van der Waals surface area (Å²) in [7, 11) is -2.99. The van der Waals surface area contributed by atoms with Crippen LogP contribution < -0.4 is 0 Å². The zero-order valence-corrected chi connectivity index (χ0v) is 13.6. The van der Waals surface area contributed by atoms with E-state index in [4.69, 9.17) is 0 Å². The Labute approximate surface area is 122 Å². The summed E-state index contributed by atoms with van der Waals surface area (Å²) in [5.41, 5.74) is -0.218. The molecule has 6 heteroatoms. The Morgan fingerprint density at radius 2 is 2.00 bits per heavy atom. The molecular weight excluding hydrogens is 276 g/mol. The Bertz CT molecular complexity index is 475. The summed E-state index contributed by atoms with van der Waals surface area (Å²) in [6, 6.07) is 0. The topological polar surface area (TPSA) is 57.7 Å². The first-order valence-corrected chi connectivity index (χ1v) is 9.47. The van der Waals surface area contributed by atoms with Gasteiger partial charge in [-0.25, -0.2) is 8.42 Å². The molecule has 1 spiro atoms. The lowest BCUT2D eigenvalue weighted by Crippen LogP contribution is -2.67. The number of β-lactam (4-membered cyclic amide) rings is 1. The van der Waals surface area contributed by atoms with Gasteiger partial charge in [-0.3, -0.25) is 4.79 Å². The molecule has 0 unspecified atom stereocenters. The molecule has 2 aliphatic heterocycles. The number of hydrogen-bond acceptors (Lipinski definition) is 4. The molecule has 116 valence electrons. The van der Waals surface area contributed by atoms with E-state index < -0.39 is 9.84 Å². The van der Waals surface area contributed by atoms with Crippen LogP contribution >= 0.6 is 0 Å². The monoisotopic (exact) mass is 302 g/mol. The number of likely N-dealkylation sites (tertiary alicyclic amines) is 2. The molecule has 1 amide bonds. The average molecular weight is 302 g/mol. The van der Waals surface area contributed by atoms with Gasteiger partial charge in [-0.15, -0.1) is 0 Å². The highest BCUT2D eigenvalue weighted by molar-refractivity contribution is 7.90. The van der Waals surface area contributed by atoms with E-state index in [-0.39, 0.29) is 17.1 Å². The highest BCUT2D eigenvalue weighted by Gasteiger charge is 2.53. The summed E-state index contributed by atoms with van der Waals surface area (Å²) in [5.74, 6) is 0.848. The second-order valence-electron chi connectivity index (χ2n) is 6.87. The molecule has 0 aromatic carbocycles. The van der Waals surface area contributed by atoms with Crippen molar-refractivity contribution in [2.24, 2.45) is 11.3 Å². The van der Waals surface area contributed by atoms with Crippen LogP contribution in [-0.2, 0) is 14.6 Å². The lowest BCUT2D eigenvalue weighted by Gasteiger charge is -2.53. The molecule has 2 fully saturated rings. The molecular formula is C14H26N2O3S. The molecule has 0 aromatic rings. The van der Waals surface area contributed by atoms with Crippen LogP contribution in [0.1, 0.15) is 26.7 Å². The Morgan fingerprint density at radius 1 is 1.30 bits per heavy atom. The molecule has 2 aliphatic rings. The molecule has 20 heavy (non-hydrogen) atoms. The third-order valence-electron chi connectivity index (χ3n) is 4.25. The molecule has 0 aliphatic carbocycles. The van der Waals surface area contributed by atoms with E-state index in [1.54, 1.807) is 4.90 Å². The normalized spacial score (nSPS) is 28.2. The SMILES string of the molecule is CC(C)CN1CCC[C@@]2(C1)CN(CCS(C)(=O)=O)C2=O. The van der Waals surface area contributed by atoms with Gasteiger partial charge in [0.1, 0.15) is 9.84 Å². The van der Waals surface area contributed by atoms with Gasteiger partial charge in [-0.1, -0.05) is 13.8 Å². The van der Waals surface area contributed by atoms with Crippen molar-refractivity contribution in [3.05, 3.63) is 0 Å². The molecule has 5 nitrogen and oxygen atoms in total. The minimum Gasteiger partial charge on any atom is -0.340 e. The summed E-state index contributed by atoms with van der Waals surface area (Å²) in [5, 5.41) is 0. The van der Waals surface area contributed by atoms with Crippen LogP contribution in [0.3, 0.4) is 0 Å². The van der Waals surface area contributed by atoms with Gasteiger partial charge < -0.3 is 9.80 Å². The third kappa shape index (κ3) is 3.52. The molecule has 1 atom stereocenters. The van der Waals surface area contributed by atoms with E-state index >= 15 is 0 Å². The first kappa shape index (κ1) is 15.8. The van der Waals surface area contributed by atoms with E-state index in [1.165, 1.54) is 6.26 Å². The first-order chi connectivity index (χ1) is 9.22. The summed E-state index contributed by atoms with van der Waals surface area (Å²) in [6.07, 6.45) is 3.24. The molecule has 2 saturated heterocycles. The fourth-order valence-corrected chi connectivity index (χ4v) is 3.96. The molecule has 0 saturated carbocycles. The van der Waals surface area contributed by atoms with Crippen LogP contribution in [0.2, 0.25) is 0 Å². The second kappa shape index (κ2) is 5.64. The van der Waals surface area contributed by atoms with Crippen molar-refractivity contribution >= 4 is 15.7 Å². The quantitative estimate of drug-likeness (QED) is 0.698. The van der Waals surface area contributed by atoms with Crippen molar-refractivity contribution in [2.75, 3.05) is 44.7 Å². The van der Waals surface area contributed by atoms with Crippen LogP contribution in [-0.4, -0.2) is 68.9 Å². The van der Waals surface area contributed by atoms with E-state index in [0.717, 1.165) is 39.0 Å². The fraction of sp³-hybridized carbons (Fsp3) is 0.929. The standard InChI is InChI=1S/C14H26N2O3S/c1-12(2)9-15-6-4-5-14(10-15)11-16(13(14)17)7-8-20(3,18)19/h12H,4-11H2,1-3H3/t14-/m1/s1. The molecule has 0 N–H and O–H groups in total. The maximum absolute atomic E-state index is 12.4. The Hall–Kier alpha value is -0.620. The van der Waals surface area contributed by atoms with Gasteiger partial charge in [0.25, 0.3) is 0 Å². The lowest BCUT2D eigenvalue weighted by atomic mass is 9.72. The van der Waals surface area contributed by atoms with Crippen molar-refractivity contribution < 1.29 is 13.2 Å². The van der Waals surface area contributed by atoms with Crippen LogP contribution in [0.15, 0.2) is 0 Å². The first-order valence-electron chi connectivity index (χ1n) is 7.41. The Kier molecular flexibility index (Phi) is 4.44. The molecule has 2 heterocycles. The molecule has 0 bridgehead atoms. The van der Waals surface area contributed by atoms with Crippen LogP contribution in [0.5, 0.6) is 0 Å². The van der Waals surface area contributed by atoms with Gasteiger partial charge in [0, 0.05) is 32.4 Å². The van der Waals surface area contributed by atoms with Gasteiger partial charge in [-0.2, -0.15) is 0 Å². The maximum Gasteiger partial charge on any atom is 0.231 e. The summed E-state index contributed by atoms with van der Waals surface area (Å²) in [4.78, 5) is 16.5. The zero-order chi connectivity index (χ0) is 15.0. The van der Waals surface area contributed by atoms with Crippen molar-refractivity contribution in [2.45, 2.75) is 26.7 Å². The number of sulfone groups is 1. The van der Waals surface area contributed by atoms with E-state index in [0.29, 0.717) is 12.5 Å². The Morgan fingerprint density at radius 3 is 2.55 bits per heavy atom. The van der Waals surface area contributed by atoms with E-state index in [9.17, 15) is 13.2 Å². The number of hydrogen-bond donors (Lipinski definition) is 0. The number of amides is 1. The predicted molar refractivity (Wildman–Crippen MR) is 79.2 cm³/mol. The maximum atomic E-state index is 12.4. The highest BCUT2D eigenvalue weighted by atomic mass is 32.2. The van der Waals surface area contributed by atoms with Gasteiger partial charge in [0.05, 0.1) is 11.2 Å². The van der Waals surface area contributed by atoms with Gasteiger partial charge >= 0.3 is 0 Å². The average Bonchev–Trinajstić information content (AvgIpc) is 2.32. The molecule has 2 rings (SSSR count). The number of carbonyl (C=O) groups excluding carboxylic acids is 1. The summed E-state index contributed by atoms with van der Waals surface area (Å²) in [6.45, 7) is 8.44. The van der Waals surface area contributed by atoms with Crippen molar-refractivity contribution in [3.8, 4) is 0 Å². The largest absolute Gasteiger partial charge is 0.340 e. The van der Waals surface area contributed by atoms with Crippen molar-refractivity contribution in [3.63, 3.8) is 0 Å². The second-order valence-corrected chi connectivity index (χ2v) is 9.13. The van der Waals surface area contributed by atoms with Crippen LogP contribution in [0, 0.1) is 11.3 Å². The van der Waals surface area contributed by atoms with E-state index in [1.807, 2.05) is 0 Å². The highest BCUT2D eigenvalue weighted by Crippen LogP contribution is 2.40. The fourth-order valence-electron chi connectivity index (χ4n) is 3.41. The van der Waals surface area contributed by atoms with Crippen molar-refractivity contribution in [1.82, 2.24) is 9.80 Å². The van der Waals surface area contributed by atoms with Gasteiger partial charge in [-0.05, 0) is 25.3 Å². The minimum absolute atomic E-state index is 0.0739. The van der Waals surface area contributed by atoms with E-state index in [2.05, 4.69) is 18.7 Å². The van der Waals surface area contributed by atoms with Gasteiger partial charge in [0.2, 0.25) is 5.91 Å². The predicted octanol–water partition coefficient (Wildman–Crippen LogP) is 0.611. The number of carbonyl (C=O) groups is 1. The lowest BCUT2D eigenvalue weighted by molar-refractivity contribution is -0.165.